The molecule has 4 rings (SSSR count). The summed E-state index contributed by atoms with van der Waals surface area (Å²) < 4.78 is 13.1. The molecule has 2 heterocycles. The number of nitrogens with zero attached hydrogens (tertiary/aromatic N) is 3. The summed E-state index contributed by atoms with van der Waals surface area (Å²) in [5.41, 5.74) is 6.53. The molecule has 1 saturated carbocycles. The van der Waals surface area contributed by atoms with Gasteiger partial charge in [0.05, 0.1) is 17.2 Å². The Balaban J connectivity index is 1.64. The summed E-state index contributed by atoms with van der Waals surface area (Å²) in [5, 5.41) is 24.4. The van der Waals surface area contributed by atoms with E-state index in [9.17, 15) is 14.5 Å². The summed E-state index contributed by atoms with van der Waals surface area (Å²) in [4.78, 5) is 15.5. The van der Waals surface area contributed by atoms with E-state index >= 15 is 0 Å². The molecule has 5 N–H and O–H groups in total. The lowest BCUT2D eigenvalue weighted by atomic mass is 10.0. The van der Waals surface area contributed by atoms with Gasteiger partial charge < -0.3 is 10.6 Å². The maximum Gasteiger partial charge on any atom is 0.308 e. The van der Waals surface area contributed by atoms with Gasteiger partial charge in [-0.2, -0.15) is 5.10 Å². The van der Waals surface area contributed by atoms with Gasteiger partial charge in [0, 0.05) is 11.6 Å². The van der Waals surface area contributed by atoms with E-state index in [0.717, 1.165) is 24.1 Å². The minimum Gasteiger partial charge on any atom is -0.327 e. The van der Waals surface area contributed by atoms with Gasteiger partial charge in [0.25, 0.3) is 0 Å². The molecule has 146 valence electrons. The quantitative estimate of drug-likeness (QED) is 0.459. The van der Waals surface area contributed by atoms with E-state index in [1.54, 1.807) is 18.2 Å². The fourth-order valence-electron chi connectivity index (χ4n) is 3.15. The molecule has 1 unspecified atom stereocenters. The average molecular weight is 385 g/mol. The van der Waals surface area contributed by atoms with Gasteiger partial charge in [-0.3, -0.25) is 20.9 Å². The van der Waals surface area contributed by atoms with Crippen LogP contribution in [-0.2, 0) is 5.66 Å². The Bertz CT molecular complexity index is 965. The van der Waals surface area contributed by atoms with Crippen molar-refractivity contribution >= 4 is 5.96 Å². The predicted octanol–water partition coefficient (Wildman–Crippen LogP) is 1.97. The minimum atomic E-state index is -1.64. The van der Waals surface area contributed by atoms with Crippen molar-refractivity contribution in [2.45, 2.75) is 37.4 Å². The van der Waals surface area contributed by atoms with Crippen molar-refractivity contribution < 1.29 is 9.31 Å². The number of H-pyrrole nitrogens is 1. The number of halogens is 1. The molecule has 0 saturated heterocycles. The Kier molecular flexibility index (Phi) is 4.34. The summed E-state index contributed by atoms with van der Waals surface area (Å²) >= 11 is 0. The Hall–Kier alpha value is -3.27. The first-order valence-corrected chi connectivity index (χ1v) is 8.94. The Morgan fingerprint density at radius 2 is 2.11 bits per heavy atom. The SMILES string of the molecule is C[C@H](N=C1NC=C([N+](=O)[O-])C(N)(c2cc(C3CC3)[nH]n2)N1)c1ccc(F)cc1. The summed E-state index contributed by atoms with van der Waals surface area (Å²) in [6.07, 6.45) is 3.35. The molecular weight excluding hydrogens is 365 g/mol. The molecule has 1 fully saturated rings. The smallest absolute Gasteiger partial charge is 0.308 e. The highest BCUT2D eigenvalue weighted by Crippen LogP contribution is 2.40. The number of guanidine groups is 1. The molecule has 0 bridgehead atoms. The first-order chi connectivity index (χ1) is 13.4. The van der Waals surface area contributed by atoms with Crippen molar-refractivity contribution in [2.75, 3.05) is 0 Å². The Labute approximate surface area is 160 Å². The van der Waals surface area contributed by atoms with E-state index < -0.39 is 10.6 Å². The van der Waals surface area contributed by atoms with Crippen LogP contribution in [0, 0.1) is 15.9 Å². The molecule has 10 heteroatoms. The molecule has 0 amide bonds. The number of nitrogens with two attached hydrogens (primary N) is 1. The van der Waals surface area contributed by atoms with E-state index in [4.69, 9.17) is 5.73 Å². The van der Waals surface area contributed by atoms with E-state index in [0.29, 0.717) is 11.6 Å². The van der Waals surface area contributed by atoms with Crippen LogP contribution in [0.2, 0.25) is 0 Å². The zero-order chi connectivity index (χ0) is 19.9. The molecule has 2 aromatic rings. The number of aromatic nitrogens is 2. The van der Waals surface area contributed by atoms with Crippen LogP contribution in [0.5, 0.6) is 0 Å². The third-order valence-electron chi connectivity index (χ3n) is 4.96. The lowest BCUT2D eigenvalue weighted by molar-refractivity contribution is -0.438. The van der Waals surface area contributed by atoms with Gasteiger partial charge in [0.1, 0.15) is 11.5 Å². The number of rotatable bonds is 5. The zero-order valence-electron chi connectivity index (χ0n) is 15.1. The monoisotopic (exact) mass is 385 g/mol. The molecule has 1 aromatic carbocycles. The molecule has 2 atom stereocenters. The van der Waals surface area contributed by atoms with Crippen LogP contribution < -0.4 is 16.4 Å². The number of nitro groups is 1. The highest BCUT2D eigenvalue weighted by molar-refractivity contribution is 5.83. The average Bonchev–Trinajstić information content (AvgIpc) is 3.38. The zero-order valence-corrected chi connectivity index (χ0v) is 15.1. The molecule has 0 spiro atoms. The standard InChI is InChI=1S/C18H20FN7O2/c1-10(11-4-6-13(19)7-5-11)22-17-21-9-16(26(27)28)18(20,23-17)15-8-14(24-25-15)12-2-3-12/h4-10,12H,2-3,20H2,1H3,(H,24,25)(H2,21,22,23)/t10-,18?/m0/s1. The third-order valence-corrected chi connectivity index (χ3v) is 4.96. The van der Waals surface area contributed by atoms with Crippen LogP contribution in [0.4, 0.5) is 4.39 Å². The van der Waals surface area contributed by atoms with Gasteiger partial charge >= 0.3 is 5.70 Å². The van der Waals surface area contributed by atoms with Gasteiger partial charge in [-0.1, -0.05) is 12.1 Å². The molecule has 28 heavy (non-hydrogen) atoms. The van der Waals surface area contributed by atoms with Gasteiger partial charge in [0.2, 0.25) is 5.66 Å². The largest absolute Gasteiger partial charge is 0.327 e. The van der Waals surface area contributed by atoms with Crippen molar-refractivity contribution in [3.8, 4) is 0 Å². The molecule has 1 aliphatic heterocycles. The van der Waals surface area contributed by atoms with E-state index in [-0.39, 0.29) is 23.5 Å². The van der Waals surface area contributed by atoms with Gasteiger partial charge in [-0.05, 0) is 43.5 Å². The second kappa shape index (κ2) is 6.71. The number of aromatic amines is 1. The maximum atomic E-state index is 13.1. The van der Waals surface area contributed by atoms with Gasteiger partial charge in [-0.15, -0.1) is 0 Å². The van der Waals surface area contributed by atoms with Crippen molar-refractivity contribution in [3.05, 3.63) is 75.1 Å². The highest BCUT2D eigenvalue weighted by atomic mass is 19.1. The Morgan fingerprint density at radius 1 is 1.39 bits per heavy atom. The molecule has 1 aliphatic carbocycles. The van der Waals surface area contributed by atoms with Gasteiger partial charge in [0.15, 0.2) is 5.96 Å². The van der Waals surface area contributed by atoms with Crippen LogP contribution in [0.1, 0.15) is 48.7 Å². The number of hydrogen-bond acceptors (Lipinski definition) is 5. The van der Waals surface area contributed by atoms with Crippen LogP contribution in [0.25, 0.3) is 0 Å². The van der Waals surface area contributed by atoms with Crippen LogP contribution in [-0.4, -0.2) is 21.1 Å². The fraction of sp³-hybridized carbons (Fsp3) is 0.333. The van der Waals surface area contributed by atoms with Crippen molar-refractivity contribution in [2.24, 2.45) is 10.7 Å². The third kappa shape index (κ3) is 3.33. The lowest BCUT2D eigenvalue weighted by Gasteiger charge is -2.31. The summed E-state index contributed by atoms with van der Waals surface area (Å²) in [7, 11) is 0. The number of hydrogen-bond donors (Lipinski definition) is 4. The summed E-state index contributed by atoms with van der Waals surface area (Å²) in [5.74, 6) is 0.337. The maximum absolute atomic E-state index is 13.1. The number of aliphatic imine (C=N–C) groups is 1. The highest BCUT2D eigenvalue weighted by Gasteiger charge is 2.47. The lowest BCUT2D eigenvalue weighted by Crippen LogP contribution is -2.61. The second-order valence-electron chi connectivity index (χ2n) is 7.05. The van der Waals surface area contributed by atoms with Crippen LogP contribution in [0.3, 0.4) is 0 Å². The van der Waals surface area contributed by atoms with E-state index in [1.165, 1.54) is 18.3 Å². The molecule has 0 radical (unpaired) electrons. The first-order valence-electron chi connectivity index (χ1n) is 8.94. The summed E-state index contributed by atoms with van der Waals surface area (Å²) in [6.45, 7) is 1.83. The molecule has 9 nitrogen and oxygen atoms in total. The topological polar surface area (TPSA) is 134 Å². The van der Waals surface area contributed by atoms with Crippen LogP contribution in [0.15, 0.2) is 47.2 Å². The summed E-state index contributed by atoms with van der Waals surface area (Å²) in [6, 6.07) is 7.41. The minimum absolute atomic E-state index is 0.265. The van der Waals surface area contributed by atoms with Crippen molar-refractivity contribution in [1.82, 2.24) is 20.8 Å². The van der Waals surface area contributed by atoms with Crippen molar-refractivity contribution in [1.29, 1.82) is 0 Å². The first kappa shape index (κ1) is 18.1. The van der Waals surface area contributed by atoms with Crippen LogP contribution >= 0.6 is 0 Å². The molecule has 2 aliphatic rings. The molecule has 1 aromatic heterocycles. The van der Waals surface area contributed by atoms with E-state index in [1.807, 2.05) is 6.92 Å². The number of benzene rings is 1. The van der Waals surface area contributed by atoms with Gasteiger partial charge in [-0.25, -0.2) is 9.38 Å². The van der Waals surface area contributed by atoms with E-state index in [2.05, 4.69) is 25.8 Å². The fourth-order valence-corrected chi connectivity index (χ4v) is 3.15. The normalized spacial score (nSPS) is 24.2. The second-order valence-corrected chi connectivity index (χ2v) is 7.05. The number of nitrogens with one attached hydrogen (secondary N) is 3. The van der Waals surface area contributed by atoms with Crippen molar-refractivity contribution in [3.63, 3.8) is 0 Å². The predicted molar refractivity (Wildman–Crippen MR) is 100 cm³/mol. The Morgan fingerprint density at radius 3 is 2.75 bits per heavy atom. The molecular formula is C18H20FN7O2.